The van der Waals surface area contributed by atoms with E-state index in [0.717, 1.165) is 32.8 Å². The summed E-state index contributed by atoms with van der Waals surface area (Å²) in [5.41, 5.74) is 1.25. The molecule has 1 aromatic rings. The average Bonchev–Trinajstić information content (AvgIpc) is 2.35. The number of hydrogen-bond acceptors (Lipinski definition) is 3. The van der Waals surface area contributed by atoms with E-state index in [1.54, 1.807) is 0 Å². The molecule has 18 heavy (non-hydrogen) atoms. The molecule has 3 nitrogen and oxygen atoms in total. The monoisotopic (exact) mass is 248 g/mol. The number of nitrogens with zero attached hydrogens (tertiary/aromatic N) is 1. The van der Waals surface area contributed by atoms with Crippen molar-refractivity contribution in [1.29, 1.82) is 0 Å². The van der Waals surface area contributed by atoms with E-state index in [9.17, 15) is 0 Å². The zero-order chi connectivity index (χ0) is 12.8. The minimum atomic E-state index is 0.586. The number of ether oxygens (including phenoxy) is 1. The fraction of sp³-hybridized carbons (Fsp3) is 0.600. The summed E-state index contributed by atoms with van der Waals surface area (Å²) in [5.74, 6) is 0. The zero-order valence-electron chi connectivity index (χ0n) is 11.4. The average molecular weight is 248 g/mol. The van der Waals surface area contributed by atoms with Gasteiger partial charge in [-0.1, -0.05) is 30.3 Å². The van der Waals surface area contributed by atoms with E-state index < -0.39 is 0 Å². The smallest absolute Gasteiger partial charge is 0.0717 e. The Kier molecular flexibility index (Phi) is 5.17. The third-order valence-electron chi connectivity index (χ3n) is 3.30. The highest BCUT2D eigenvalue weighted by Gasteiger charge is 2.19. The maximum Gasteiger partial charge on any atom is 0.0717 e. The third-order valence-corrected chi connectivity index (χ3v) is 3.30. The normalized spacial score (nSPS) is 25.2. The van der Waals surface area contributed by atoms with Crippen LogP contribution < -0.4 is 5.32 Å². The van der Waals surface area contributed by atoms with Crippen LogP contribution in [0.3, 0.4) is 0 Å². The van der Waals surface area contributed by atoms with E-state index in [0.29, 0.717) is 12.1 Å². The second-order valence-electron chi connectivity index (χ2n) is 5.27. The molecular formula is C15H24N2O. The molecule has 1 aliphatic heterocycles. The molecule has 100 valence electrons. The minimum absolute atomic E-state index is 0.586. The van der Waals surface area contributed by atoms with Crippen LogP contribution in [0.25, 0.3) is 0 Å². The second-order valence-corrected chi connectivity index (χ2v) is 5.27. The first kappa shape index (κ1) is 13.5. The van der Waals surface area contributed by atoms with Crippen molar-refractivity contribution >= 4 is 0 Å². The number of benzene rings is 1. The summed E-state index contributed by atoms with van der Waals surface area (Å²) < 4.78 is 5.73. The SMILES string of the molecule is C[C@@H]1CN(CCOCc2ccccc2)C[C@H](C)N1. The molecule has 0 amide bonds. The van der Waals surface area contributed by atoms with Crippen molar-refractivity contribution < 1.29 is 4.74 Å². The largest absolute Gasteiger partial charge is 0.375 e. The molecule has 2 rings (SSSR count). The van der Waals surface area contributed by atoms with Crippen molar-refractivity contribution in [1.82, 2.24) is 10.2 Å². The molecule has 1 aromatic carbocycles. The van der Waals surface area contributed by atoms with Crippen molar-refractivity contribution in [2.24, 2.45) is 0 Å². The van der Waals surface area contributed by atoms with Crippen LogP contribution in [0.1, 0.15) is 19.4 Å². The molecule has 2 atom stereocenters. The summed E-state index contributed by atoms with van der Waals surface area (Å²) in [7, 11) is 0. The number of rotatable bonds is 5. The Balaban J connectivity index is 1.63. The van der Waals surface area contributed by atoms with Gasteiger partial charge in [-0.25, -0.2) is 0 Å². The van der Waals surface area contributed by atoms with Gasteiger partial charge in [0, 0.05) is 31.7 Å². The van der Waals surface area contributed by atoms with Crippen LogP contribution in [0.4, 0.5) is 0 Å². The van der Waals surface area contributed by atoms with Crippen molar-refractivity contribution in [3.8, 4) is 0 Å². The second kappa shape index (κ2) is 6.88. The molecule has 1 fully saturated rings. The summed E-state index contributed by atoms with van der Waals surface area (Å²) in [6, 6.07) is 11.5. The summed E-state index contributed by atoms with van der Waals surface area (Å²) >= 11 is 0. The van der Waals surface area contributed by atoms with E-state index in [1.165, 1.54) is 5.56 Å². The van der Waals surface area contributed by atoms with Crippen LogP contribution in [-0.2, 0) is 11.3 Å². The van der Waals surface area contributed by atoms with Gasteiger partial charge in [0.2, 0.25) is 0 Å². The van der Waals surface area contributed by atoms with Crippen LogP contribution in [-0.4, -0.2) is 43.2 Å². The Morgan fingerprint density at radius 2 is 1.83 bits per heavy atom. The van der Waals surface area contributed by atoms with Gasteiger partial charge in [-0.05, 0) is 19.4 Å². The van der Waals surface area contributed by atoms with Crippen molar-refractivity contribution in [3.63, 3.8) is 0 Å². The van der Waals surface area contributed by atoms with E-state index in [-0.39, 0.29) is 0 Å². The molecular weight excluding hydrogens is 224 g/mol. The van der Waals surface area contributed by atoms with Gasteiger partial charge < -0.3 is 10.1 Å². The third kappa shape index (κ3) is 4.41. The van der Waals surface area contributed by atoms with E-state index in [1.807, 2.05) is 6.07 Å². The molecule has 1 N–H and O–H groups in total. The van der Waals surface area contributed by atoms with Crippen molar-refractivity contribution in [2.45, 2.75) is 32.5 Å². The van der Waals surface area contributed by atoms with Gasteiger partial charge in [0.1, 0.15) is 0 Å². The summed E-state index contributed by atoms with van der Waals surface area (Å²) in [4.78, 5) is 2.48. The lowest BCUT2D eigenvalue weighted by Crippen LogP contribution is -2.54. The highest BCUT2D eigenvalue weighted by atomic mass is 16.5. The Morgan fingerprint density at radius 1 is 1.17 bits per heavy atom. The lowest BCUT2D eigenvalue weighted by Gasteiger charge is -2.36. The van der Waals surface area contributed by atoms with Crippen molar-refractivity contribution in [3.05, 3.63) is 35.9 Å². The predicted octanol–water partition coefficient (Wildman–Crippen LogP) is 1.89. The molecule has 1 heterocycles. The van der Waals surface area contributed by atoms with Crippen LogP contribution >= 0.6 is 0 Å². The molecule has 0 spiro atoms. The minimum Gasteiger partial charge on any atom is -0.375 e. The quantitative estimate of drug-likeness (QED) is 0.805. The summed E-state index contributed by atoms with van der Waals surface area (Å²) in [6.45, 7) is 9.30. The van der Waals surface area contributed by atoms with Crippen LogP contribution in [0.15, 0.2) is 30.3 Å². The first-order valence-corrected chi connectivity index (χ1v) is 6.84. The Hall–Kier alpha value is -0.900. The van der Waals surface area contributed by atoms with E-state index in [2.05, 4.69) is 48.3 Å². The van der Waals surface area contributed by atoms with Gasteiger partial charge in [0.15, 0.2) is 0 Å². The van der Waals surface area contributed by atoms with Crippen molar-refractivity contribution in [2.75, 3.05) is 26.2 Å². The first-order chi connectivity index (χ1) is 8.74. The van der Waals surface area contributed by atoms with Gasteiger partial charge in [-0.2, -0.15) is 0 Å². The highest BCUT2D eigenvalue weighted by Crippen LogP contribution is 2.04. The summed E-state index contributed by atoms with van der Waals surface area (Å²) in [5, 5.41) is 3.54. The standard InChI is InChI=1S/C15H24N2O/c1-13-10-17(11-14(2)16-13)8-9-18-12-15-6-4-3-5-7-15/h3-7,13-14,16H,8-12H2,1-2H3/t13-,14+. The maximum absolute atomic E-state index is 5.73. The van der Waals surface area contributed by atoms with Gasteiger partial charge in [-0.3, -0.25) is 4.90 Å². The van der Waals surface area contributed by atoms with Crippen LogP contribution in [0.2, 0.25) is 0 Å². The van der Waals surface area contributed by atoms with Gasteiger partial charge in [-0.15, -0.1) is 0 Å². The van der Waals surface area contributed by atoms with Gasteiger partial charge in [0.25, 0.3) is 0 Å². The lowest BCUT2D eigenvalue weighted by molar-refractivity contribution is 0.0764. The molecule has 0 radical (unpaired) electrons. The Bertz CT molecular complexity index is 332. The Morgan fingerprint density at radius 3 is 2.50 bits per heavy atom. The van der Waals surface area contributed by atoms with E-state index >= 15 is 0 Å². The number of piperazine rings is 1. The topological polar surface area (TPSA) is 24.5 Å². The number of nitrogens with one attached hydrogen (secondary N) is 1. The summed E-state index contributed by atoms with van der Waals surface area (Å²) in [6.07, 6.45) is 0. The van der Waals surface area contributed by atoms with Gasteiger partial charge >= 0.3 is 0 Å². The highest BCUT2D eigenvalue weighted by molar-refractivity contribution is 5.13. The molecule has 0 bridgehead atoms. The van der Waals surface area contributed by atoms with Crippen LogP contribution in [0.5, 0.6) is 0 Å². The Labute approximate surface area is 110 Å². The molecule has 0 aromatic heterocycles. The molecule has 0 unspecified atom stereocenters. The van der Waals surface area contributed by atoms with Crippen LogP contribution in [0, 0.1) is 0 Å². The predicted molar refractivity (Wildman–Crippen MR) is 74.6 cm³/mol. The number of hydrogen-bond donors (Lipinski definition) is 1. The van der Waals surface area contributed by atoms with Gasteiger partial charge in [0.05, 0.1) is 13.2 Å². The zero-order valence-corrected chi connectivity index (χ0v) is 11.4. The maximum atomic E-state index is 5.73. The lowest BCUT2D eigenvalue weighted by atomic mass is 10.1. The first-order valence-electron chi connectivity index (χ1n) is 6.84. The molecule has 1 aliphatic rings. The molecule has 0 saturated carbocycles. The molecule has 3 heteroatoms. The van der Waals surface area contributed by atoms with E-state index in [4.69, 9.17) is 4.74 Å². The molecule has 0 aliphatic carbocycles. The fourth-order valence-corrected chi connectivity index (χ4v) is 2.58. The molecule has 1 saturated heterocycles. The fourth-order valence-electron chi connectivity index (χ4n) is 2.58.